The van der Waals surface area contributed by atoms with Gasteiger partial charge in [-0.05, 0) is 17.7 Å². The monoisotopic (exact) mass is 199 g/mol. The van der Waals surface area contributed by atoms with Gasteiger partial charge in [-0.15, -0.1) is 0 Å². The van der Waals surface area contributed by atoms with E-state index in [-0.39, 0.29) is 18.1 Å². The quantitative estimate of drug-likeness (QED) is 0.755. The fourth-order valence-corrected chi connectivity index (χ4v) is 1.06. The molecule has 4 heteroatoms. The van der Waals surface area contributed by atoms with Crippen molar-refractivity contribution in [2.45, 2.75) is 6.42 Å². The van der Waals surface area contributed by atoms with E-state index in [9.17, 15) is 9.90 Å². The summed E-state index contributed by atoms with van der Waals surface area (Å²) >= 11 is 5.60. The Hall–Kier alpha value is -1.22. The number of aromatic hydroxyl groups is 1. The maximum Gasteiger partial charge on any atom is 0.224 e. The normalized spacial score (nSPS) is 9.69. The number of halogens is 1. The van der Waals surface area contributed by atoms with Gasteiger partial charge in [0.25, 0.3) is 0 Å². The summed E-state index contributed by atoms with van der Waals surface area (Å²) in [7, 11) is 1.57. The summed E-state index contributed by atoms with van der Waals surface area (Å²) in [6.45, 7) is 0. The van der Waals surface area contributed by atoms with Crippen molar-refractivity contribution in [1.29, 1.82) is 0 Å². The topological polar surface area (TPSA) is 49.3 Å². The number of phenols is 1. The predicted molar refractivity (Wildman–Crippen MR) is 50.9 cm³/mol. The summed E-state index contributed by atoms with van der Waals surface area (Å²) in [6.07, 6.45) is 0.251. The zero-order valence-corrected chi connectivity index (χ0v) is 7.93. The van der Waals surface area contributed by atoms with Crippen LogP contribution in [0.4, 0.5) is 0 Å². The zero-order chi connectivity index (χ0) is 9.84. The van der Waals surface area contributed by atoms with Crippen LogP contribution in [0.3, 0.4) is 0 Å². The standard InChI is InChI=1S/C9H10ClNO2/c1-11-9(13)5-6-2-3-7(10)8(12)4-6/h2-4,12H,5H2,1H3,(H,11,13). The third kappa shape index (κ3) is 2.63. The van der Waals surface area contributed by atoms with E-state index in [0.29, 0.717) is 5.02 Å². The SMILES string of the molecule is CNC(=O)Cc1ccc(Cl)c(O)c1. The molecule has 2 N–H and O–H groups in total. The molecule has 1 rings (SSSR count). The Morgan fingerprint density at radius 1 is 1.62 bits per heavy atom. The van der Waals surface area contributed by atoms with Crippen LogP contribution in [0.15, 0.2) is 18.2 Å². The van der Waals surface area contributed by atoms with E-state index in [1.807, 2.05) is 0 Å². The first-order valence-corrected chi connectivity index (χ1v) is 4.19. The van der Waals surface area contributed by atoms with Crippen molar-refractivity contribution in [3.05, 3.63) is 28.8 Å². The van der Waals surface area contributed by atoms with E-state index in [1.165, 1.54) is 6.07 Å². The lowest BCUT2D eigenvalue weighted by Crippen LogP contribution is -2.19. The molecule has 0 aliphatic heterocycles. The van der Waals surface area contributed by atoms with Crippen molar-refractivity contribution < 1.29 is 9.90 Å². The number of rotatable bonds is 2. The summed E-state index contributed by atoms with van der Waals surface area (Å²) in [4.78, 5) is 11.0. The van der Waals surface area contributed by atoms with Gasteiger partial charge < -0.3 is 10.4 Å². The van der Waals surface area contributed by atoms with Gasteiger partial charge in [-0.25, -0.2) is 0 Å². The van der Waals surface area contributed by atoms with Gasteiger partial charge in [-0.1, -0.05) is 17.7 Å². The number of amides is 1. The van der Waals surface area contributed by atoms with Crippen molar-refractivity contribution in [2.24, 2.45) is 0 Å². The van der Waals surface area contributed by atoms with Crippen molar-refractivity contribution in [1.82, 2.24) is 5.32 Å². The fraction of sp³-hybridized carbons (Fsp3) is 0.222. The van der Waals surface area contributed by atoms with Crippen molar-refractivity contribution in [3.8, 4) is 5.75 Å². The molecular weight excluding hydrogens is 190 g/mol. The Morgan fingerprint density at radius 3 is 2.85 bits per heavy atom. The van der Waals surface area contributed by atoms with Gasteiger partial charge in [0, 0.05) is 7.05 Å². The van der Waals surface area contributed by atoms with Crippen LogP contribution in [-0.2, 0) is 11.2 Å². The van der Waals surface area contributed by atoms with Crippen LogP contribution in [-0.4, -0.2) is 18.1 Å². The molecule has 0 fully saturated rings. The van der Waals surface area contributed by atoms with Crippen LogP contribution < -0.4 is 5.32 Å². The lowest BCUT2D eigenvalue weighted by molar-refractivity contribution is -0.119. The van der Waals surface area contributed by atoms with Crippen molar-refractivity contribution >= 4 is 17.5 Å². The largest absolute Gasteiger partial charge is 0.506 e. The molecule has 0 heterocycles. The zero-order valence-electron chi connectivity index (χ0n) is 7.17. The molecule has 0 saturated heterocycles. The van der Waals surface area contributed by atoms with E-state index in [4.69, 9.17) is 11.6 Å². The van der Waals surface area contributed by atoms with Gasteiger partial charge in [0.15, 0.2) is 0 Å². The molecule has 0 bridgehead atoms. The second-order valence-electron chi connectivity index (χ2n) is 2.64. The summed E-state index contributed by atoms with van der Waals surface area (Å²) in [5.74, 6) is -0.0928. The molecule has 70 valence electrons. The minimum Gasteiger partial charge on any atom is -0.506 e. The highest BCUT2D eigenvalue weighted by Gasteiger charge is 2.03. The van der Waals surface area contributed by atoms with E-state index >= 15 is 0 Å². The highest BCUT2D eigenvalue weighted by molar-refractivity contribution is 6.32. The first-order valence-electron chi connectivity index (χ1n) is 3.81. The number of hydrogen-bond donors (Lipinski definition) is 2. The highest BCUT2D eigenvalue weighted by Crippen LogP contribution is 2.23. The van der Waals surface area contributed by atoms with Gasteiger partial charge in [-0.2, -0.15) is 0 Å². The van der Waals surface area contributed by atoms with E-state index < -0.39 is 0 Å². The molecule has 1 amide bonds. The molecule has 1 aromatic carbocycles. The highest BCUT2D eigenvalue weighted by atomic mass is 35.5. The molecule has 0 aliphatic rings. The van der Waals surface area contributed by atoms with Crippen molar-refractivity contribution in [2.75, 3.05) is 7.05 Å². The van der Waals surface area contributed by atoms with Crippen molar-refractivity contribution in [3.63, 3.8) is 0 Å². The number of carbonyl (C=O) groups is 1. The summed E-state index contributed by atoms with van der Waals surface area (Å²) in [5.41, 5.74) is 0.737. The Bertz CT molecular complexity index is 325. The Morgan fingerprint density at radius 2 is 2.31 bits per heavy atom. The second-order valence-corrected chi connectivity index (χ2v) is 3.04. The van der Waals surface area contributed by atoms with Crippen LogP contribution in [0.2, 0.25) is 5.02 Å². The minimum atomic E-state index is -0.0956. The summed E-state index contributed by atoms with van der Waals surface area (Å²) in [6, 6.07) is 4.75. The number of benzene rings is 1. The molecule has 3 nitrogen and oxygen atoms in total. The molecule has 0 aliphatic carbocycles. The average molecular weight is 200 g/mol. The lowest BCUT2D eigenvalue weighted by Gasteiger charge is -2.02. The number of phenolic OH excluding ortho intramolecular Hbond substituents is 1. The number of nitrogens with one attached hydrogen (secondary N) is 1. The average Bonchev–Trinajstić information content (AvgIpc) is 2.11. The van der Waals surface area contributed by atoms with Gasteiger partial charge in [-0.3, -0.25) is 4.79 Å². The second kappa shape index (κ2) is 4.14. The third-order valence-corrected chi connectivity index (χ3v) is 1.97. The number of carbonyl (C=O) groups excluding carboxylic acids is 1. The Balaban J connectivity index is 2.79. The molecule has 13 heavy (non-hydrogen) atoms. The van der Waals surface area contributed by atoms with Gasteiger partial charge in [0.1, 0.15) is 5.75 Å². The minimum absolute atomic E-state index is 0.00284. The molecule has 0 radical (unpaired) electrons. The van der Waals surface area contributed by atoms with Crippen LogP contribution in [0.5, 0.6) is 5.75 Å². The smallest absolute Gasteiger partial charge is 0.224 e. The van der Waals surface area contributed by atoms with Crippen LogP contribution in [0.25, 0.3) is 0 Å². The molecule has 1 aromatic rings. The first kappa shape index (κ1) is 9.86. The molecule has 0 spiro atoms. The van der Waals surface area contributed by atoms with Crippen LogP contribution in [0.1, 0.15) is 5.56 Å². The maximum atomic E-state index is 11.0. The molecule has 0 atom stereocenters. The van der Waals surface area contributed by atoms with Gasteiger partial charge in [0.2, 0.25) is 5.91 Å². The number of likely N-dealkylation sites (N-methyl/N-ethyl adjacent to an activating group) is 1. The number of hydrogen-bond acceptors (Lipinski definition) is 2. The van der Waals surface area contributed by atoms with Crippen LogP contribution in [0, 0.1) is 0 Å². The fourth-order valence-electron chi connectivity index (χ4n) is 0.942. The van der Waals surface area contributed by atoms with E-state index in [2.05, 4.69) is 5.32 Å². The van der Waals surface area contributed by atoms with E-state index in [0.717, 1.165) is 5.56 Å². The predicted octanol–water partition coefficient (Wildman–Crippen LogP) is 1.33. The molecular formula is C9H10ClNO2. The molecule has 0 saturated carbocycles. The molecule has 0 unspecified atom stereocenters. The molecule has 0 aromatic heterocycles. The third-order valence-electron chi connectivity index (χ3n) is 1.65. The first-order chi connectivity index (χ1) is 6.13. The van der Waals surface area contributed by atoms with Gasteiger partial charge >= 0.3 is 0 Å². The Kier molecular flexibility index (Phi) is 3.14. The van der Waals surface area contributed by atoms with E-state index in [1.54, 1.807) is 19.2 Å². The Labute approximate surface area is 81.3 Å². The van der Waals surface area contributed by atoms with Crippen LogP contribution >= 0.6 is 11.6 Å². The summed E-state index contributed by atoms with van der Waals surface area (Å²) < 4.78 is 0. The maximum absolute atomic E-state index is 11.0. The lowest BCUT2D eigenvalue weighted by atomic mass is 10.1. The summed E-state index contributed by atoms with van der Waals surface area (Å²) in [5, 5.41) is 12.0. The van der Waals surface area contributed by atoms with Gasteiger partial charge in [0.05, 0.1) is 11.4 Å².